The van der Waals surface area contributed by atoms with Gasteiger partial charge in [-0.1, -0.05) is 219 Å². The van der Waals surface area contributed by atoms with Gasteiger partial charge in [0.2, 0.25) is 0 Å². The highest BCUT2D eigenvalue weighted by molar-refractivity contribution is 6.15. The maximum atomic E-state index is 7.20. The van der Waals surface area contributed by atoms with Crippen LogP contribution in [0.15, 0.2) is 231 Å². The van der Waals surface area contributed by atoms with Gasteiger partial charge in [0.1, 0.15) is 11.5 Å². The van der Waals surface area contributed by atoms with Crippen LogP contribution in [0, 0.1) is 0 Å². The molecular weight excluding hydrogens is 761 g/mol. The van der Waals surface area contributed by atoms with Gasteiger partial charge in [0, 0.05) is 16.5 Å². The van der Waals surface area contributed by atoms with Gasteiger partial charge in [-0.05, 0) is 107 Å². The molecule has 2 aliphatic carbocycles. The molecule has 0 amide bonds. The third-order valence-corrected chi connectivity index (χ3v) is 14.2. The highest BCUT2D eigenvalue weighted by Gasteiger charge is 2.52. The summed E-state index contributed by atoms with van der Waals surface area (Å²) in [5.41, 5.74) is 17.2. The lowest BCUT2D eigenvalue weighted by Gasteiger charge is -2.35. The Morgan fingerprint density at radius 1 is 0.397 bits per heavy atom. The van der Waals surface area contributed by atoms with Crippen molar-refractivity contribution in [1.29, 1.82) is 0 Å². The largest absolute Gasteiger partial charge is 0.455 e. The summed E-state index contributed by atoms with van der Waals surface area (Å²) in [4.78, 5) is 0. The number of hydrogen-bond donors (Lipinski definition) is 0. The molecule has 0 fully saturated rings. The molecule has 294 valence electrons. The third kappa shape index (κ3) is 4.71. The molecule has 0 spiro atoms. The average Bonchev–Trinajstić information content (AvgIpc) is 3.81. The van der Waals surface area contributed by atoms with E-state index in [0.717, 1.165) is 28.0 Å². The molecule has 1 heteroatoms. The summed E-state index contributed by atoms with van der Waals surface area (Å²) in [5.74, 6) is 1.75. The first kappa shape index (κ1) is 35.7. The SMILES string of the molecule is C=C/C=C\c1cccc2c1Oc1cc3c(c4cccc-2c14)-c1cc2c(cc1C3(c1ccccc1)c1ccccc1)-c1c(ccc3ccccc13)C2(c1ccccc1)c1ccccc1. The normalized spacial score (nSPS) is 14.4. The van der Waals surface area contributed by atoms with Crippen LogP contribution in [0.5, 0.6) is 11.5 Å². The van der Waals surface area contributed by atoms with Crippen LogP contribution in [0.3, 0.4) is 0 Å². The zero-order valence-corrected chi connectivity index (χ0v) is 34.6. The number of hydrogen-bond acceptors (Lipinski definition) is 1. The molecule has 1 aliphatic heterocycles. The predicted molar refractivity (Wildman–Crippen MR) is 261 cm³/mol. The number of allylic oxidation sites excluding steroid dienone is 2. The van der Waals surface area contributed by atoms with Gasteiger partial charge in [0.25, 0.3) is 0 Å². The highest BCUT2D eigenvalue weighted by Crippen LogP contribution is 2.65. The molecule has 0 radical (unpaired) electrons. The van der Waals surface area contributed by atoms with E-state index >= 15 is 0 Å². The van der Waals surface area contributed by atoms with Crippen molar-refractivity contribution in [2.24, 2.45) is 0 Å². The van der Waals surface area contributed by atoms with E-state index in [2.05, 4.69) is 225 Å². The van der Waals surface area contributed by atoms with Crippen molar-refractivity contribution >= 4 is 27.6 Å². The van der Waals surface area contributed by atoms with Crippen LogP contribution in [-0.4, -0.2) is 0 Å². The fourth-order valence-electron chi connectivity index (χ4n) is 11.8. The van der Waals surface area contributed by atoms with E-state index in [1.165, 1.54) is 88.5 Å². The van der Waals surface area contributed by atoms with Crippen LogP contribution >= 0.6 is 0 Å². The van der Waals surface area contributed by atoms with Crippen LogP contribution in [0.4, 0.5) is 0 Å². The third-order valence-electron chi connectivity index (χ3n) is 14.2. The number of rotatable bonds is 6. The Hall–Kier alpha value is -8.00. The van der Waals surface area contributed by atoms with Crippen molar-refractivity contribution in [2.45, 2.75) is 10.8 Å². The topological polar surface area (TPSA) is 9.23 Å². The maximum Gasteiger partial charge on any atom is 0.142 e. The summed E-state index contributed by atoms with van der Waals surface area (Å²) in [6, 6.07) is 79.2. The molecule has 0 unspecified atom stereocenters. The van der Waals surface area contributed by atoms with E-state index in [1.807, 2.05) is 12.2 Å². The standard InChI is InChI=1S/C62H40O/c1-2-3-20-41-22-18-33-48-47-32-19-34-49-58-51-38-53-50(57-46-31-17-16-21-40(46)35-36-52(57)61(53,42-23-8-4-9-24-42)43-25-10-5-11-26-43)37-54(51)62(44-27-12-6-13-28-44,45-29-14-7-15-30-45)55(58)39-56(59(47)49)63-60(41)48/h2-39H,1H2/b20-3-. The van der Waals surface area contributed by atoms with E-state index < -0.39 is 10.8 Å². The van der Waals surface area contributed by atoms with Crippen molar-refractivity contribution < 1.29 is 4.74 Å². The molecule has 10 aromatic rings. The van der Waals surface area contributed by atoms with Gasteiger partial charge in [0.05, 0.1) is 10.8 Å². The van der Waals surface area contributed by atoms with Crippen LogP contribution in [0.25, 0.3) is 61.0 Å². The molecular formula is C62H40O. The summed E-state index contributed by atoms with van der Waals surface area (Å²) in [6.07, 6.45) is 5.89. The molecule has 1 heterocycles. The molecule has 0 aromatic heterocycles. The van der Waals surface area contributed by atoms with Crippen molar-refractivity contribution in [3.05, 3.63) is 281 Å². The van der Waals surface area contributed by atoms with Gasteiger partial charge in [-0.25, -0.2) is 0 Å². The molecule has 0 saturated heterocycles. The summed E-state index contributed by atoms with van der Waals surface area (Å²) in [5, 5.41) is 4.84. The molecule has 13 rings (SSSR count). The minimum atomic E-state index is -0.676. The summed E-state index contributed by atoms with van der Waals surface area (Å²) in [6.45, 7) is 3.95. The minimum absolute atomic E-state index is 0.582. The fourth-order valence-corrected chi connectivity index (χ4v) is 11.8. The zero-order valence-electron chi connectivity index (χ0n) is 34.6. The van der Waals surface area contributed by atoms with Crippen molar-refractivity contribution in [1.82, 2.24) is 0 Å². The predicted octanol–water partition coefficient (Wildman–Crippen LogP) is 15.7. The second-order valence-electron chi connectivity index (χ2n) is 17.1. The number of ether oxygens (including phenoxy) is 1. The van der Waals surface area contributed by atoms with Crippen molar-refractivity contribution in [2.75, 3.05) is 0 Å². The Labute approximate surface area is 367 Å². The van der Waals surface area contributed by atoms with E-state index in [9.17, 15) is 0 Å². The Balaban J connectivity index is 1.23. The van der Waals surface area contributed by atoms with Gasteiger partial charge in [-0.2, -0.15) is 0 Å². The van der Waals surface area contributed by atoms with Crippen LogP contribution in [0.1, 0.15) is 50.1 Å². The first-order chi connectivity index (χ1) is 31.2. The van der Waals surface area contributed by atoms with E-state index in [0.29, 0.717) is 0 Å². The van der Waals surface area contributed by atoms with Gasteiger partial charge in [-0.3, -0.25) is 0 Å². The monoisotopic (exact) mass is 800 g/mol. The van der Waals surface area contributed by atoms with Gasteiger partial charge in [-0.15, -0.1) is 0 Å². The molecule has 0 saturated carbocycles. The summed E-state index contributed by atoms with van der Waals surface area (Å²) in [7, 11) is 0. The Morgan fingerprint density at radius 2 is 0.905 bits per heavy atom. The maximum absolute atomic E-state index is 7.20. The molecule has 63 heavy (non-hydrogen) atoms. The molecule has 0 atom stereocenters. The van der Waals surface area contributed by atoms with E-state index in [4.69, 9.17) is 4.74 Å². The second kappa shape index (κ2) is 13.5. The van der Waals surface area contributed by atoms with E-state index in [1.54, 1.807) is 0 Å². The fraction of sp³-hybridized carbons (Fsp3) is 0.0323. The Kier molecular flexibility index (Phi) is 7.66. The van der Waals surface area contributed by atoms with Gasteiger partial charge in [0.15, 0.2) is 0 Å². The van der Waals surface area contributed by atoms with Crippen LogP contribution in [0.2, 0.25) is 0 Å². The molecule has 1 nitrogen and oxygen atoms in total. The number of para-hydroxylation sites is 1. The Bertz CT molecular complexity index is 3450. The lowest BCUT2D eigenvalue weighted by molar-refractivity contribution is 0.484. The summed E-state index contributed by atoms with van der Waals surface area (Å²) < 4.78 is 7.20. The van der Waals surface area contributed by atoms with E-state index in [-0.39, 0.29) is 0 Å². The molecule has 0 N–H and O–H groups in total. The first-order valence-corrected chi connectivity index (χ1v) is 21.9. The summed E-state index contributed by atoms with van der Waals surface area (Å²) >= 11 is 0. The lowest BCUT2D eigenvalue weighted by Crippen LogP contribution is -2.30. The first-order valence-electron chi connectivity index (χ1n) is 21.9. The highest BCUT2D eigenvalue weighted by atomic mass is 16.5. The number of benzene rings is 10. The smallest absolute Gasteiger partial charge is 0.142 e. The number of fused-ring (bicyclic) bond motifs is 11. The van der Waals surface area contributed by atoms with Crippen LogP contribution in [-0.2, 0) is 10.8 Å². The Morgan fingerprint density at radius 3 is 1.51 bits per heavy atom. The zero-order chi connectivity index (χ0) is 41.7. The average molecular weight is 801 g/mol. The molecule has 10 aromatic carbocycles. The minimum Gasteiger partial charge on any atom is -0.455 e. The second-order valence-corrected chi connectivity index (χ2v) is 17.1. The van der Waals surface area contributed by atoms with Gasteiger partial charge >= 0.3 is 0 Å². The molecule has 0 bridgehead atoms. The van der Waals surface area contributed by atoms with Crippen molar-refractivity contribution in [3.8, 4) is 44.9 Å². The van der Waals surface area contributed by atoms with Crippen LogP contribution < -0.4 is 4.74 Å². The van der Waals surface area contributed by atoms with Gasteiger partial charge < -0.3 is 4.74 Å². The lowest BCUT2D eigenvalue weighted by atomic mass is 9.66. The quantitative estimate of drug-likeness (QED) is 0.152. The molecule has 3 aliphatic rings. The van der Waals surface area contributed by atoms with Crippen molar-refractivity contribution in [3.63, 3.8) is 0 Å².